The van der Waals surface area contributed by atoms with Crippen molar-refractivity contribution in [3.63, 3.8) is 0 Å². The first-order valence-electron chi connectivity index (χ1n) is 11.5. The first kappa shape index (κ1) is 20.0. The molecule has 2 unspecified atom stereocenters. The number of benzene rings is 1. The molecule has 1 saturated heterocycles. The van der Waals surface area contributed by atoms with E-state index in [1.807, 2.05) is 49.5 Å². The number of rotatable bonds is 3. The zero-order valence-electron chi connectivity index (χ0n) is 18.9. The lowest BCUT2D eigenvalue weighted by molar-refractivity contribution is 0.202. The van der Waals surface area contributed by atoms with Crippen molar-refractivity contribution in [2.24, 2.45) is 7.05 Å². The quantitative estimate of drug-likeness (QED) is 0.526. The number of nitrogens with one attached hydrogen (secondary N) is 1. The third-order valence-electron chi connectivity index (χ3n) is 7.22. The Balaban J connectivity index is 1.21. The highest BCUT2D eigenvalue weighted by Crippen LogP contribution is 2.43. The number of carbonyl (C=O) groups is 1. The third-order valence-corrected chi connectivity index (χ3v) is 7.22. The lowest BCUT2D eigenvalue weighted by atomic mass is 9.82. The number of aromatic nitrogens is 5. The number of urea groups is 1. The maximum Gasteiger partial charge on any atom is 0.317 e. The number of carbonyl (C=O) groups excluding carboxylic acids is 1. The Hall–Kier alpha value is -3.68. The Bertz CT molecular complexity index is 1360. The van der Waals surface area contributed by atoms with E-state index in [0.29, 0.717) is 0 Å². The molecule has 33 heavy (non-hydrogen) atoms. The summed E-state index contributed by atoms with van der Waals surface area (Å²) < 4.78 is 3.88. The standard InChI is InChI=1S/C25H27N7O/c1-17(20-14-27-30(2)15-20)28-24(33)31-9-7-25(16-31)8-10-32-23(25)12-22(29-32)19-11-18-5-3-4-6-21(18)26-13-19/h3-6,11-15,17H,7-10,16H2,1-2H3,(H,28,33). The van der Waals surface area contributed by atoms with E-state index in [-0.39, 0.29) is 17.5 Å². The molecule has 6 rings (SSSR count). The van der Waals surface area contributed by atoms with Gasteiger partial charge < -0.3 is 10.2 Å². The predicted molar refractivity (Wildman–Crippen MR) is 126 cm³/mol. The molecule has 3 aromatic heterocycles. The van der Waals surface area contributed by atoms with Crippen LogP contribution in [0.3, 0.4) is 0 Å². The van der Waals surface area contributed by atoms with Crippen LogP contribution < -0.4 is 5.32 Å². The summed E-state index contributed by atoms with van der Waals surface area (Å²) >= 11 is 0. The van der Waals surface area contributed by atoms with E-state index in [1.165, 1.54) is 5.69 Å². The minimum atomic E-state index is -0.0798. The zero-order valence-corrected chi connectivity index (χ0v) is 18.9. The maximum absolute atomic E-state index is 13.0. The largest absolute Gasteiger partial charge is 0.331 e. The van der Waals surface area contributed by atoms with Crippen molar-refractivity contribution in [2.75, 3.05) is 13.1 Å². The number of pyridine rings is 1. The van der Waals surface area contributed by atoms with Gasteiger partial charge in [0.1, 0.15) is 0 Å². The Labute approximate surface area is 192 Å². The summed E-state index contributed by atoms with van der Waals surface area (Å²) in [7, 11) is 1.88. The second-order valence-electron chi connectivity index (χ2n) is 9.38. The number of amides is 2. The van der Waals surface area contributed by atoms with Crippen molar-refractivity contribution in [1.29, 1.82) is 0 Å². The molecular formula is C25H27N7O. The molecule has 1 fully saturated rings. The van der Waals surface area contributed by atoms with Crippen LogP contribution in [0, 0.1) is 0 Å². The van der Waals surface area contributed by atoms with E-state index in [4.69, 9.17) is 5.10 Å². The van der Waals surface area contributed by atoms with Gasteiger partial charge in [0.2, 0.25) is 0 Å². The highest BCUT2D eigenvalue weighted by atomic mass is 16.2. The van der Waals surface area contributed by atoms with Crippen molar-refractivity contribution in [1.82, 2.24) is 34.8 Å². The Morgan fingerprint density at radius 2 is 2.00 bits per heavy atom. The van der Waals surface area contributed by atoms with E-state index in [2.05, 4.69) is 38.3 Å². The van der Waals surface area contributed by atoms with Gasteiger partial charge in [0, 0.05) is 66.7 Å². The van der Waals surface area contributed by atoms with Gasteiger partial charge in [-0.25, -0.2) is 4.79 Å². The highest BCUT2D eigenvalue weighted by molar-refractivity contribution is 5.82. The van der Waals surface area contributed by atoms with Gasteiger partial charge in [0.15, 0.2) is 0 Å². The van der Waals surface area contributed by atoms with Crippen molar-refractivity contribution < 1.29 is 4.79 Å². The summed E-state index contributed by atoms with van der Waals surface area (Å²) in [6.07, 6.45) is 7.63. The zero-order chi connectivity index (χ0) is 22.6. The lowest BCUT2D eigenvalue weighted by Gasteiger charge is -2.24. The van der Waals surface area contributed by atoms with E-state index in [1.54, 1.807) is 10.9 Å². The first-order chi connectivity index (χ1) is 16.0. The second-order valence-corrected chi connectivity index (χ2v) is 9.38. The molecule has 1 aromatic carbocycles. The van der Waals surface area contributed by atoms with E-state index >= 15 is 0 Å². The summed E-state index contributed by atoms with van der Waals surface area (Å²) in [4.78, 5) is 19.5. The maximum atomic E-state index is 13.0. The Morgan fingerprint density at radius 3 is 2.85 bits per heavy atom. The van der Waals surface area contributed by atoms with Gasteiger partial charge in [-0.3, -0.25) is 14.3 Å². The van der Waals surface area contributed by atoms with Gasteiger partial charge >= 0.3 is 6.03 Å². The minimum Gasteiger partial charge on any atom is -0.331 e. The van der Waals surface area contributed by atoms with Crippen molar-refractivity contribution >= 4 is 16.9 Å². The SMILES string of the molecule is CC(NC(=O)N1CCC2(CCn3nc(-c4cnc5ccccc5c4)cc32)C1)c1cnn(C)c1. The number of hydrogen-bond acceptors (Lipinski definition) is 4. The summed E-state index contributed by atoms with van der Waals surface area (Å²) in [6.45, 7) is 4.36. The molecule has 8 nitrogen and oxygen atoms in total. The number of likely N-dealkylation sites (tertiary alicyclic amines) is 1. The second kappa shape index (κ2) is 7.43. The molecule has 0 saturated carbocycles. The number of fused-ring (bicyclic) bond motifs is 3. The molecular weight excluding hydrogens is 414 g/mol. The van der Waals surface area contributed by atoms with Gasteiger partial charge in [-0.2, -0.15) is 10.2 Å². The molecule has 168 valence electrons. The third kappa shape index (κ3) is 3.37. The predicted octanol–water partition coefficient (Wildman–Crippen LogP) is 3.65. The molecule has 2 aliphatic heterocycles. The van der Waals surface area contributed by atoms with Crippen LogP contribution in [0.1, 0.15) is 37.1 Å². The number of para-hydroxylation sites is 1. The fourth-order valence-electron chi connectivity index (χ4n) is 5.30. The summed E-state index contributed by atoms with van der Waals surface area (Å²) in [6, 6.07) is 12.4. The first-order valence-corrected chi connectivity index (χ1v) is 11.5. The Kier molecular flexibility index (Phi) is 4.50. The highest BCUT2D eigenvalue weighted by Gasteiger charge is 2.47. The van der Waals surface area contributed by atoms with Crippen molar-refractivity contribution in [2.45, 2.75) is 37.8 Å². The molecule has 2 amide bonds. The fraction of sp³-hybridized carbons (Fsp3) is 0.360. The van der Waals surface area contributed by atoms with Gasteiger partial charge in [0.25, 0.3) is 0 Å². The number of hydrogen-bond donors (Lipinski definition) is 1. The van der Waals surface area contributed by atoms with E-state index < -0.39 is 0 Å². The van der Waals surface area contributed by atoms with Gasteiger partial charge in [-0.1, -0.05) is 18.2 Å². The molecule has 0 aliphatic carbocycles. The molecule has 0 radical (unpaired) electrons. The molecule has 1 N–H and O–H groups in total. The number of nitrogens with zero attached hydrogens (tertiary/aromatic N) is 6. The fourth-order valence-corrected chi connectivity index (χ4v) is 5.30. The van der Waals surface area contributed by atoms with E-state index in [0.717, 1.165) is 60.2 Å². The van der Waals surface area contributed by atoms with E-state index in [9.17, 15) is 4.79 Å². The smallest absolute Gasteiger partial charge is 0.317 e. The van der Waals surface area contributed by atoms with Gasteiger partial charge in [-0.15, -0.1) is 0 Å². The van der Waals surface area contributed by atoms with Gasteiger partial charge in [0.05, 0.1) is 23.4 Å². The van der Waals surface area contributed by atoms with Crippen molar-refractivity contribution in [3.05, 3.63) is 66.2 Å². The van der Waals surface area contributed by atoms with Crippen molar-refractivity contribution in [3.8, 4) is 11.3 Å². The topological polar surface area (TPSA) is 80.9 Å². The van der Waals surface area contributed by atoms with Crippen LogP contribution >= 0.6 is 0 Å². The summed E-state index contributed by atoms with van der Waals surface area (Å²) in [5, 5.41) is 13.4. The molecule has 4 aromatic rings. The monoisotopic (exact) mass is 441 g/mol. The van der Waals surface area contributed by atoms with Crippen LogP contribution in [0.5, 0.6) is 0 Å². The molecule has 5 heterocycles. The summed E-state index contributed by atoms with van der Waals surface area (Å²) in [5.74, 6) is 0. The number of aryl methyl sites for hydroxylation is 2. The van der Waals surface area contributed by atoms with Crippen LogP contribution in [-0.2, 0) is 19.0 Å². The van der Waals surface area contributed by atoms with Crippen LogP contribution in [-0.4, -0.2) is 48.6 Å². The van der Waals surface area contributed by atoms with Crippen LogP contribution in [0.25, 0.3) is 22.2 Å². The molecule has 1 spiro atoms. The summed E-state index contributed by atoms with van der Waals surface area (Å²) in [5.41, 5.74) is 5.19. The molecule has 0 bridgehead atoms. The molecule has 2 aliphatic rings. The lowest BCUT2D eigenvalue weighted by Crippen LogP contribution is -2.41. The van der Waals surface area contributed by atoms with Crippen LogP contribution in [0.2, 0.25) is 0 Å². The average Bonchev–Trinajstić information content (AvgIpc) is 3.60. The normalized spacial score (nSPS) is 20.5. The molecule has 2 atom stereocenters. The molecule has 8 heteroatoms. The van der Waals surface area contributed by atoms with Crippen LogP contribution in [0.4, 0.5) is 4.79 Å². The minimum absolute atomic E-state index is 0.0138. The van der Waals surface area contributed by atoms with Crippen LogP contribution in [0.15, 0.2) is 55.0 Å². The Morgan fingerprint density at radius 1 is 1.15 bits per heavy atom. The van der Waals surface area contributed by atoms with Gasteiger partial charge in [-0.05, 0) is 38.0 Å². The average molecular weight is 442 g/mol.